The van der Waals surface area contributed by atoms with Crippen molar-refractivity contribution < 1.29 is 32.7 Å². The second-order valence-electron chi connectivity index (χ2n) is 4.89. The highest BCUT2D eigenvalue weighted by atomic mass is 19.4. The molecule has 0 fully saturated rings. The number of benzene rings is 1. The minimum Gasteiger partial charge on any atom is -0.478 e. The standard InChI is InChI=1S/C13H12F3N3O4/c1-12(11(22)18-17)8(10(20)21)9(23-19-12)6-2-4-7(5-3-6)13(14,15)16/h2-5,19H,17H2,1H3,(H,18,22)(H,20,21)/t12-/m0/s1. The Hall–Kier alpha value is -2.59. The van der Waals surface area contributed by atoms with Crippen LogP contribution in [0.5, 0.6) is 0 Å². The molecule has 5 N–H and O–H groups in total. The number of alkyl halides is 3. The summed E-state index contributed by atoms with van der Waals surface area (Å²) in [6.07, 6.45) is -4.52. The van der Waals surface area contributed by atoms with Gasteiger partial charge in [-0.1, -0.05) is 12.1 Å². The summed E-state index contributed by atoms with van der Waals surface area (Å²) >= 11 is 0. The van der Waals surface area contributed by atoms with E-state index in [1.807, 2.05) is 0 Å². The highest BCUT2D eigenvalue weighted by Crippen LogP contribution is 2.35. The number of hydrogen-bond acceptors (Lipinski definition) is 5. The molecule has 0 saturated carbocycles. The molecule has 1 aromatic rings. The predicted octanol–water partition coefficient (Wildman–Crippen LogP) is 0.785. The summed E-state index contributed by atoms with van der Waals surface area (Å²) in [7, 11) is 0. The Morgan fingerprint density at radius 2 is 1.87 bits per heavy atom. The van der Waals surface area contributed by atoms with Crippen LogP contribution in [0.25, 0.3) is 5.76 Å². The second-order valence-corrected chi connectivity index (χ2v) is 4.89. The van der Waals surface area contributed by atoms with Crippen LogP contribution in [0.3, 0.4) is 0 Å². The van der Waals surface area contributed by atoms with Crippen molar-refractivity contribution in [2.24, 2.45) is 5.84 Å². The first-order valence-electron chi connectivity index (χ1n) is 6.22. The lowest BCUT2D eigenvalue weighted by molar-refractivity contribution is -0.137. The monoisotopic (exact) mass is 331 g/mol. The largest absolute Gasteiger partial charge is 0.478 e. The zero-order valence-electron chi connectivity index (χ0n) is 11.7. The van der Waals surface area contributed by atoms with E-state index < -0.39 is 34.7 Å². The third-order valence-electron chi connectivity index (χ3n) is 3.36. The number of nitrogens with two attached hydrogens (primary N) is 1. The second kappa shape index (κ2) is 5.56. The van der Waals surface area contributed by atoms with E-state index >= 15 is 0 Å². The number of hydroxylamine groups is 1. The lowest BCUT2D eigenvalue weighted by Crippen LogP contribution is -2.56. The first-order valence-corrected chi connectivity index (χ1v) is 6.22. The van der Waals surface area contributed by atoms with Crippen LogP contribution in [-0.4, -0.2) is 22.5 Å². The Labute approximate surface area is 127 Å². The normalized spacial score (nSPS) is 21.1. The molecule has 1 aliphatic rings. The van der Waals surface area contributed by atoms with Gasteiger partial charge in [-0.3, -0.25) is 10.2 Å². The average molecular weight is 331 g/mol. The van der Waals surface area contributed by atoms with E-state index in [4.69, 9.17) is 10.7 Å². The summed E-state index contributed by atoms with van der Waals surface area (Å²) in [5.41, 5.74) is 0.950. The van der Waals surface area contributed by atoms with Gasteiger partial charge in [0.05, 0.1) is 5.56 Å². The molecule has 0 aliphatic carbocycles. The number of amides is 1. The van der Waals surface area contributed by atoms with Gasteiger partial charge in [0.1, 0.15) is 5.57 Å². The van der Waals surface area contributed by atoms with Gasteiger partial charge >= 0.3 is 12.1 Å². The molecule has 7 nitrogen and oxygen atoms in total. The van der Waals surface area contributed by atoms with E-state index in [-0.39, 0.29) is 11.3 Å². The van der Waals surface area contributed by atoms with Crippen LogP contribution in [0.2, 0.25) is 0 Å². The van der Waals surface area contributed by atoms with Gasteiger partial charge in [0.25, 0.3) is 5.91 Å². The summed E-state index contributed by atoms with van der Waals surface area (Å²) < 4.78 is 37.7. The molecular weight excluding hydrogens is 319 g/mol. The van der Waals surface area contributed by atoms with Gasteiger partial charge in [-0.05, 0) is 19.1 Å². The third kappa shape index (κ3) is 2.85. The van der Waals surface area contributed by atoms with E-state index in [2.05, 4.69) is 5.48 Å². The van der Waals surface area contributed by atoms with Gasteiger partial charge in [0.15, 0.2) is 11.3 Å². The quantitative estimate of drug-likeness (QED) is 0.370. The topological polar surface area (TPSA) is 114 Å². The smallest absolute Gasteiger partial charge is 0.416 e. The molecule has 1 aromatic carbocycles. The maximum Gasteiger partial charge on any atom is 0.416 e. The van der Waals surface area contributed by atoms with Gasteiger partial charge in [0, 0.05) is 5.56 Å². The number of nitrogens with one attached hydrogen (secondary N) is 2. The number of carbonyl (C=O) groups excluding carboxylic acids is 1. The lowest BCUT2D eigenvalue weighted by atomic mass is 9.90. The minimum absolute atomic E-state index is 0.0662. The summed E-state index contributed by atoms with van der Waals surface area (Å²) in [5.74, 6) is 2.40. The fourth-order valence-corrected chi connectivity index (χ4v) is 2.11. The molecule has 0 bridgehead atoms. The molecule has 1 atom stereocenters. The average Bonchev–Trinajstić information content (AvgIpc) is 2.84. The SMILES string of the molecule is C[C@]1(C(=O)NN)NOC(c2ccc(C(F)(F)F)cc2)=C1C(=O)O. The number of rotatable bonds is 3. The molecule has 0 aromatic heterocycles. The Bertz CT molecular complexity index is 685. The summed E-state index contributed by atoms with van der Waals surface area (Å²) in [6.45, 7) is 1.22. The first kappa shape index (κ1) is 16.8. The van der Waals surface area contributed by atoms with Crippen molar-refractivity contribution in [2.45, 2.75) is 18.6 Å². The van der Waals surface area contributed by atoms with Crippen LogP contribution in [0.15, 0.2) is 29.8 Å². The zero-order valence-corrected chi connectivity index (χ0v) is 11.7. The van der Waals surface area contributed by atoms with Gasteiger partial charge < -0.3 is 9.94 Å². The molecule has 10 heteroatoms. The Balaban J connectivity index is 2.52. The molecule has 1 aliphatic heterocycles. The number of hydrogen-bond donors (Lipinski definition) is 4. The number of carbonyl (C=O) groups is 2. The van der Waals surface area contributed by atoms with E-state index in [0.717, 1.165) is 24.3 Å². The van der Waals surface area contributed by atoms with E-state index in [1.165, 1.54) is 6.92 Å². The summed E-state index contributed by atoms with van der Waals surface area (Å²) in [4.78, 5) is 28.3. The van der Waals surface area contributed by atoms with Crippen molar-refractivity contribution in [1.29, 1.82) is 0 Å². The molecule has 23 heavy (non-hydrogen) atoms. The fourth-order valence-electron chi connectivity index (χ4n) is 2.11. The molecule has 2 rings (SSSR count). The van der Waals surface area contributed by atoms with E-state index in [0.29, 0.717) is 0 Å². The van der Waals surface area contributed by atoms with Crippen LogP contribution in [0, 0.1) is 0 Å². The number of aliphatic carboxylic acids is 1. The van der Waals surface area contributed by atoms with Gasteiger partial charge in [-0.2, -0.15) is 13.2 Å². The molecular formula is C13H12F3N3O4. The van der Waals surface area contributed by atoms with Crippen molar-refractivity contribution in [3.63, 3.8) is 0 Å². The Kier molecular flexibility index (Phi) is 4.05. The van der Waals surface area contributed by atoms with Crippen LogP contribution in [-0.2, 0) is 20.6 Å². The van der Waals surface area contributed by atoms with Crippen LogP contribution >= 0.6 is 0 Å². The molecule has 0 radical (unpaired) electrons. The maximum absolute atomic E-state index is 12.6. The molecule has 1 heterocycles. The van der Waals surface area contributed by atoms with E-state index in [1.54, 1.807) is 5.43 Å². The van der Waals surface area contributed by atoms with Gasteiger partial charge in [-0.25, -0.2) is 10.6 Å². The fraction of sp³-hybridized carbons (Fsp3) is 0.231. The maximum atomic E-state index is 12.6. The number of hydrazine groups is 1. The zero-order chi connectivity index (χ0) is 17.4. The van der Waals surface area contributed by atoms with Gasteiger partial charge in [0.2, 0.25) is 0 Å². The predicted molar refractivity (Wildman–Crippen MR) is 71.0 cm³/mol. The van der Waals surface area contributed by atoms with Crippen LogP contribution < -0.4 is 16.7 Å². The first-order chi connectivity index (χ1) is 10.6. The highest BCUT2D eigenvalue weighted by molar-refractivity contribution is 6.07. The molecule has 0 spiro atoms. The van der Waals surface area contributed by atoms with Crippen molar-refractivity contribution in [2.75, 3.05) is 0 Å². The van der Waals surface area contributed by atoms with Crippen molar-refractivity contribution in [3.8, 4) is 0 Å². The molecule has 0 unspecified atom stereocenters. The van der Waals surface area contributed by atoms with Gasteiger partial charge in [-0.15, -0.1) is 5.48 Å². The summed E-state index contributed by atoms with van der Waals surface area (Å²) in [6, 6.07) is 3.66. The summed E-state index contributed by atoms with van der Waals surface area (Å²) in [5, 5.41) is 9.33. The van der Waals surface area contributed by atoms with Crippen molar-refractivity contribution >= 4 is 17.6 Å². The number of halogens is 3. The lowest BCUT2D eigenvalue weighted by Gasteiger charge is -2.20. The Morgan fingerprint density at radius 3 is 2.30 bits per heavy atom. The minimum atomic E-state index is -4.52. The molecule has 0 saturated heterocycles. The third-order valence-corrected chi connectivity index (χ3v) is 3.36. The number of carboxylic acid groups (broad SMARTS) is 1. The van der Waals surface area contributed by atoms with Crippen molar-refractivity contribution in [3.05, 3.63) is 41.0 Å². The van der Waals surface area contributed by atoms with Crippen LogP contribution in [0.4, 0.5) is 13.2 Å². The van der Waals surface area contributed by atoms with Crippen molar-refractivity contribution in [1.82, 2.24) is 10.9 Å². The molecule has 124 valence electrons. The Morgan fingerprint density at radius 1 is 1.30 bits per heavy atom. The van der Waals surface area contributed by atoms with E-state index in [9.17, 15) is 27.9 Å². The number of carboxylic acids is 1. The highest BCUT2D eigenvalue weighted by Gasteiger charge is 2.49. The van der Waals surface area contributed by atoms with Crippen LogP contribution in [0.1, 0.15) is 18.1 Å². The molecule has 1 amide bonds.